The number of halogens is 3. The lowest BCUT2D eigenvalue weighted by molar-refractivity contribution is -0.157. The van der Waals surface area contributed by atoms with Crippen LogP contribution >= 0.6 is 0 Å². The first-order chi connectivity index (χ1) is 30.0. The number of carbonyl (C=O) groups excluding carboxylic acids is 4. The zero-order chi connectivity index (χ0) is 44.2. The normalized spacial score (nSPS) is 31.5. The molecule has 63 heavy (non-hydrogen) atoms. The van der Waals surface area contributed by atoms with Crippen molar-refractivity contribution in [1.29, 1.82) is 0 Å². The minimum absolute atomic E-state index is 0.0199. The third-order valence-corrected chi connectivity index (χ3v) is 15.9. The third kappa shape index (κ3) is 6.68. The molecular formula is C49H52F3N5O6. The molecule has 0 unspecified atom stereocenters. The van der Waals surface area contributed by atoms with Crippen molar-refractivity contribution >= 4 is 40.2 Å². The molecule has 4 fully saturated rings. The maximum Gasteiger partial charge on any atom is 0.418 e. The van der Waals surface area contributed by atoms with Crippen molar-refractivity contribution in [3.63, 3.8) is 0 Å². The second kappa shape index (κ2) is 14.9. The molecule has 3 aliphatic carbocycles. The van der Waals surface area contributed by atoms with Gasteiger partial charge in [0.15, 0.2) is 11.5 Å². The molecule has 4 aliphatic heterocycles. The first kappa shape index (κ1) is 41.2. The second-order valence-electron chi connectivity index (χ2n) is 19.2. The van der Waals surface area contributed by atoms with Gasteiger partial charge in [-0.1, -0.05) is 50.3 Å². The lowest BCUT2D eigenvalue weighted by Crippen LogP contribution is -2.62. The standard InChI is InChI=1S/C27H33F3N2O2.C22H19N3O4/c1-15-4-6-19(27(28,29)30)21(14-15)31-24(34)20-8-7-17-16-5-9-22-26(3,13-11-23(33)32-22)18(16)10-12-25(17,20)2;1-24-10-19(26)25-16(22(24)27)9-14-13-4-2-3-5-15(13)23-20(14)21(25)12-6-7-17-18(8-12)29-11-28-17/h4,6,11,13-14,16-18,20,22H,5,7-10,12H2,1-3H3,(H,31,34)(H,32,33);2-8,16,21,23H,9-11H2,1H3/t16-,17-,18-,20+,22+,25-,26+;16-,21-/m01/s1. The molecule has 4 aromatic rings. The van der Waals surface area contributed by atoms with E-state index in [9.17, 15) is 32.3 Å². The molecule has 7 aliphatic rings. The number of nitrogens with zero attached hydrogens (tertiary/aromatic N) is 2. The molecule has 1 saturated heterocycles. The van der Waals surface area contributed by atoms with Gasteiger partial charge in [-0.25, -0.2) is 0 Å². The molecule has 11 nitrogen and oxygen atoms in total. The number of hydrogen-bond acceptors (Lipinski definition) is 6. The molecule has 1 aromatic heterocycles. The van der Waals surface area contributed by atoms with E-state index in [4.69, 9.17) is 9.47 Å². The van der Waals surface area contributed by atoms with Crippen LogP contribution in [-0.2, 0) is 31.8 Å². The molecule has 3 aromatic carbocycles. The number of rotatable bonds is 3. The highest BCUT2D eigenvalue weighted by Crippen LogP contribution is 2.65. The largest absolute Gasteiger partial charge is 0.454 e. The van der Waals surface area contributed by atoms with E-state index in [0.29, 0.717) is 47.7 Å². The number of para-hydroxylation sites is 1. The first-order valence-electron chi connectivity index (χ1n) is 22.1. The van der Waals surface area contributed by atoms with Gasteiger partial charge in [0.25, 0.3) is 0 Å². The van der Waals surface area contributed by atoms with Crippen LogP contribution in [0.4, 0.5) is 18.9 Å². The van der Waals surface area contributed by atoms with Gasteiger partial charge in [-0.2, -0.15) is 13.2 Å². The number of carbonyl (C=O) groups is 4. The zero-order valence-corrected chi connectivity index (χ0v) is 35.8. The Morgan fingerprint density at radius 3 is 2.52 bits per heavy atom. The Morgan fingerprint density at radius 2 is 1.71 bits per heavy atom. The predicted octanol–water partition coefficient (Wildman–Crippen LogP) is 8.08. The summed E-state index contributed by atoms with van der Waals surface area (Å²) in [5, 5.41) is 6.92. The smallest absolute Gasteiger partial charge is 0.418 e. The fourth-order valence-electron chi connectivity index (χ4n) is 12.8. The number of H-pyrrole nitrogens is 1. The lowest BCUT2D eigenvalue weighted by atomic mass is 9.48. The SMILES string of the molecule is CN1CC(=O)N2[C@H](c3ccc4c(c3)OCO4)c3[nH]c4ccccc4c3C[C@@H]2C1=O.Cc1ccc(C(F)(F)F)c(NC(=O)[C@H]2CC[C@H]3[C@@H]4CC[C@H]5NC(=O)C=C[C@]5(C)[C@H]4CC[C@]23C)c1. The number of aryl methyl sites for hydroxylation is 1. The van der Waals surface area contributed by atoms with E-state index in [1.54, 1.807) is 24.9 Å². The Balaban J connectivity index is 0.000000151. The lowest BCUT2D eigenvalue weighted by Gasteiger charge is -2.58. The molecular weight excluding hydrogens is 812 g/mol. The van der Waals surface area contributed by atoms with Gasteiger partial charge in [0.1, 0.15) is 6.04 Å². The zero-order valence-electron chi connectivity index (χ0n) is 35.8. The number of amides is 4. The molecule has 9 atom stereocenters. The Morgan fingerprint density at radius 1 is 0.921 bits per heavy atom. The van der Waals surface area contributed by atoms with Crippen LogP contribution in [0.1, 0.15) is 86.4 Å². The highest BCUT2D eigenvalue weighted by atomic mass is 19.4. The molecule has 14 heteroatoms. The summed E-state index contributed by atoms with van der Waals surface area (Å²) in [6.07, 6.45) is 5.17. The summed E-state index contributed by atoms with van der Waals surface area (Å²) in [5.41, 5.74) is 3.40. The molecule has 5 heterocycles. The summed E-state index contributed by atoms with van der Waals surface area (Å²) in [6, 6.07) is 17.0. The van der Waals surface area contributed by atoms with E-state index in [-0.39, 0.29) is 71.5 Å². The van der Waals surface area contributed by atoms with Crippen LogP contribution in [0, 0.1) is 41.4 Å². The van der Waals surface area contributed by atoms with Gasteiger partial charge in [-0.15, -0.1) is 0 Å². The number of benzene rings is 3. The number of ether oxygens (including phenoxy) is 2. The highest BCUT2D eigenvalue weighted by Gasteiger charge is 2.61. The van der Waals surface area contributed by atoms with Gasteiger partial charge < -0.3 is 34.9 Å². The number of hydrogen-bond donors (Lipinski definition) is 3. The first-order valence-corrected chi connectivity index (χ1v) is 22.1. The van der Waals surface area contributed by atoms with Gasteiger partial charge in [-0.05, 0) is 122 Å². The fourth-order valence-corrected chi connectivity index (χ4v) is 12.8. The van der Waals surface area contributed by atoms with E-state index >= 15 is 0 Å². The van der Waals surface area contributed by atoms with Crippen LogP contribution in [0.15, 0.2) is 72.8 Å². The molecule has 0 bridgehead atoms. The Bertz CT molecular complexity index is 2590. The maximum atomic E-state index is 13.6. The van der Waals surface area contributed by atoms with Gasteiger partial charge in [0.2, 0.25) is 30.4 Å². The van der Waals surface area contributed by atoms with Crippen LogP contribution < -0.4 is 20.1 Å². The van der Waals surface area contributed by atoms with Crippen molar-refractivity contribution in [1.82, 2.24) is 20.1 Å². The number of aromatic amines is 1. The van der Waals surface area contributed by atoms with Crippen LogP contribution in [-0.4, -0.2) is 70.9 Å². The number of piperazine rings is 1. The molecule has 330 valence electrons. The van der Waals surface area contributed by atoms with Gasteiger partial charge in [0.05, 0.1) is 23.8 Å². The van der Waals surface area contributed by atoms with Crippen LogP contribution in [0.5, 0.6) is 11.5 Å². The Kier molecular flexibility index (Phi) is 9.76. The van der Waals surface area contributed by atoms with Gasteiger partial charge >= 0.3 is 6.18 Å². The third-order valence-electron chi connectivity index (χ3n) is 15.9. The summed E-state index contributed by atoms with van der Waals surface area (Å²) < 4.78 is 51.7. The molecule has 0 radical (unpaired) electrons. The van der Waals surface area contributed by atoms with Crippen molar-refractivity contribution in [3.8, 4) is 11.5 Å². The van der Waals surface area contributed by atoms with Crippen LogP contribution in [0.2, 0.25) is 0 Å². The van der Waals surface area contributed by atoms with Crippen molar-refractivity contribution in [2.24, 2.45) is 34.5 Å². The molecule has 3 N–H and O–H groups in total. The summed E-state index contributed by atoms with van der Waals surface area (Å²) in [6.45, 7) is 6.44. The number of nitrogens with one attached hydrogen (secondary N) is 3. The van der Waals surface area contributed by atoms with E-state index in [2.05, 4.69) is 41.6 Å². The number of alkyl halides is 3. The molecule has 3 saturated carbocycles. The minimum Gasteiger partial charge on any atom is -0.454 e. The second-order valence-corrected chi connectivity index (χ2v) is 19.2. The van der Waals surface area contributed by atoms with Gasteiger partial charge in [-0.3, -0.25) is 19.2 Å². The fraction of sp³-hybridized carbons (Fsp3) is 0.469. The van der Waals surface area contributed by atoms with E-state index < -0.39 is 17.8 Å². The predicted molar refractivity (Wildman–Crippen MR) is 228 cm³/mol. The van der Waals surface area contributed by atoms with Crippen molar-refractivity contribution < 1.29 is 41.8 Å². The molecule has 0 spiro atoms. The van der Waals surface area contributed by atoms with E-state index in [1.165, 1.54) is 17.0 Å². The maximum absolute atomic E-state index is 13.6. The number of aromatic nitrogens is 1. The topological polar surface area (TPSA) is 133 Å². The van der Waals surface area contributed by atoms with Crippen LogP contribution in [0.25, 0.3) is 10.9 Å². The van der Waals surface area contributed by atoms with E-state index in [1.807, 2.05) is 36.4 Å². The summed E-state index contributed by atoms with van der Waals surface area (Å²) in [4.78, 5) is 58.2. The number of likely N-dealkylation sites (N-methyl/N-ethyl adjacent to an activating group) is 1. The monoisotopic (exact) mass is 863 g/mol. The summed E-state index contributed by atoms with van der Waals surface area (Å²) >= 11 is 0. The van der Waals surface area contributed by atoms with Gasteiger partial charge in [0, 0.05) is 47.4 Å². The molecule has 4 amide bonds. The summed E-state index contributed by atoms with van der Waals surface area (Å²) in [5.74, 6) is 1.94. The Labute approximate surface area is 363 Å². The van der Waals surface area contributed by atoms with Crippen molar-refractivity contribution in [2.45, 2.75) is 90.0 Å². The minimum atomic E-state index is -4.52. The quantitative estimate of drug-likeness (QED) is 0.191. The number of fused-ring (bicyclic) bond motifs is 10. The van der Waals surface area contributed by atoms with Crippen LogP contribution in [0.3, 0.4) is 0 Å². The van der Waals surface area contributed by atoms with E-state index in [0.717, 1.165) is 65.9 Å². The molecule has 11 rings (SSSR count). The number of anilines is 1. The summed E-state index contributed by atoms with van der Waals surface area (Å²) in [7, 11) is 1.69. The Hall–Kier alpha value is -5.79. The highest BCUT2D eigenvalue weighted by molar-refractivity contribution is 5.98. The average Bonchev–Trinajstić information content (AvgIpc) is 3.97. The van der Waals surface area contributed by atoms with Crippen molar-refractivity contribution in [3.05, 3.63) is 101 Å². The average molecular weight is 864 g/mol. The van der Waals surface area contributed by atoms with Crippen molar-refractivity contribution in [2.75, 3.05) is 25.7 Å².